The standard InChI is InChI=1S/C20H24N2O3/c1-24-20-12-15(6-7-19(20)25-11-10-23)13-21-9-8-16-14-22-18-5-3-2-4-17(16)18/h2-7,12,14,21-23H,8-11,13H2,1H3. The first-order valence-electron chi connectivity index (χ1n) is 8.48. The van der Waals surface area contributed by atoms with Gasteiger partial charge in [-0.15, -0.1) is 0 Å². The first-order chi connectivity index (χ1) is 12.3. The van der Waals surface area contributed by atoms with Crippen LogP contribution in [0.2, 0.25) is 0 Å². The lowest BCUT2D eigenvalue weighted by Crippen LogP contribution is -2.16. The molecule has 0 saturated carbocycles. The van der Waals surface area contributed by atoms with Crippen molar-refractivity contribution in [3.63, 3.8) is 0 Å². The normalized spacial score (nSPS) is 11.0. The van der Waals surface area contributed by atoms with E-state index in [1.54, 1.807) is 7.11 Å². The van der Waals surface area contributed by atoms with E-state index in [1.807, 2.05) is 24.3 Å². The van der Waals surface area contributed by atoms with E-state index in [0.717, 1.165) is 25.1 Å². The predicted octanol–water partition coefficient (Wildman–Crippen LogP) is 2.88. The summed E-state index contributed by atoms with van der Waals surface area (Å²) in [6, 6.07) is 14.2. The molecule has 0 radical (unpaired) electrons. The Balaban J connectivity index is 1.53. The van der Waals surface area contributed by atoms with Crippen LogP contribution in [-0.2, 0) is 13.0 Å². The summed E-state index contributed by atoms with van der Waals surface area (Å²) >= 11 is 0. The molecule has 0 fully saturated rings. The fourth-order valence-corrected chi connectivity index (χ4v) is 2.89. The molecule has 25 heavy (non-hydrogen) atoms. The lowest BCUT2D eigenvalue weighted by molar-refractivity contribution is 0.196. The van der Waals surface area contributed by atoms with Gasteiger partial charge in [0.25, 0.3) is 0 Å². The highest BCUT2D eigenvalue weighted by atomic mass is 16.5. The van der Waals surface area contributed by atoms with Gasteiger partial charge in [-0.1, -0.05) is 24.3 Å². The van der Waals surface area contributed by atoms with E-state index in [9.17, 15) is 0 Å². The van der Waals surface area contributed by atoms with Crippen molar-refractivity contribution in [2.75, 3.05) is 26.9 Å². The Labute approximate surface area is 147 Å². The molecule has 1 heterocycles. The highest BCUT2D eigenvalue weighted by Gasteiger charge is 2.06. The van der Waals surface area contributed by atoms with Crippen LogP contribution in [0.1, 0.15) is 11.1 Å². The second kappa shape index (κ2) is 8.55. The summed E-state index contributed by atoms with van der Waals surface area (Å²) in [6.07, 6.45) is 3.06. The molecule has 3 aromatic rings. The van der Waals surface area contributed by atoms with E-state index >= 15 is 0 Å². The third kappa shape index (κ3) is 4.32. The monoisotopic (exact) mass is 340 g/mol. The number of ether oxygens (including phenoxy) is 2. The molecule has 0 bridgehead atoms. The van der Waals surface area contributed by atoms with Crippen LogP contribution in [0, 0.1) is 0 Å². The number of para-hydroxylation sites is 1. The molecule has 0 aliphatic heterocycles. The zero-order valence-corrected chi connectivity index (χ0v) is 14.4. The van der Waals surface area contributed by atoms with Crippen molar-refractivity contribution in [2.45, 2.75) is 13.0 Å². The molecule has 1 aromatic heterocycles. The van der Waals surface area contributed by atoms with Crippen molar-refractivity contribution < 1.29 is 14.6 Å². The number of methoxy groups -OCH3 is 1. The molecule has 2 aromatic carbocycles. The second-order valence-electron chi connectivity index (χ2n) is 5.84. The smallest absolute Gasteiger partial charge is 0.161 e. The lowest BCUT2D eigenvalue weighted by Gasteiger charge is -2.12. The van der Waals surface area contributed by atoms with Crippen molar-refractivity contribution >= 4 is 10.9 Å². The minimum atomic E-state index is -0.0136. The zero-order chi connectivity index (χ0) is 17.5. The number of fused-ring (bicyclic) bond motifs is 1. The number of aliphatic hydroxyl groups is 1. The van der Waals surface area contributed by atoms with E-state index in [4.69, 9.17) is 14.6 Å². The average molecular weight is 340 g/mol. The van der Waals surface area contributed by atoms with Gasteiger partial charge in [-0.2, -0.15) is 0 Å². The largest absolute Gasteiger partial charge is 0.493 e. The van der Waals surface area contributed by atoms with Gasteiger partial charge < -0.3 is 24.9 Å². The Morgan fingerprint density at radius 2 is 2.00 bits per heavy atom. The third-order valence-electron chi connectivity index (χ3n) is 4.15. The third-order valence-corrected chi connectivity index (χ3v) is 4.15. The first-order valence-corrected chi connectivity index (χ1v) is 8.48. The molecular formula is C20H24N2O3. The van der Waals surface area contributed by atoms with Crippen LogP contribution in [-0.4, -0.2) is 37.0 Å². The van der Waals surface area contributed by atoms with Crippen LogP contribution < -0.4 is 14.8 Å². The van der Waals surface area contributed by atoms with E-state index in [0.29, 0.717) is 11.5 Å². The number of hydrogen-bond acceptors (Lipinski definition) is 4. The maximum absolute atomic E-state index is 8.86. The molecule has 0 amide bonds. The Morgan fingerprint density at radius 1 is 1.12 bits per heavy atom. The van der Waals surface area contributed by atoms with Gasteiger partial charge in [0, 0.05) is 23.6 Å². The Bertz CT molecular complexity index is 814. The Kier molecular flexibility index (Phi) is 5.93. The predicted molar refractivity (Wildman–Crippen MR) is 99.3 cm³/mol. The summed E-state index contributed by atoms with van der Waals surface area (Å²) in [5, 5.41) is 13.6. The molecule has 0 atom stereocenters. The minimum absolute atomic E-state index is 0.0136. The van der Waals surface area contributed by atoms with Crippen molar-refractivity contribution in [2.24, 2.45) is 0 Å². The summed E-state index contributed by atoms with van der Waals surface area (Å²) < 4.78 is 10.8. The molecule has 0 saturated heterocycles. The molecule has 5 heteroatoms. The van der Waals surface area contributed by atoms with Crippen molar-refractivity contribution in [1.82, 2.24) is 10.3 Å². The van der Waals surface area contributed by atoms with Crippen LogP contribution in [0.15, 0.2) is 48.7 Å². The lowest BCUT2D eigenvalue weighted by atomic mass is 10.1. The Hall–Kier alpha value is -2.50. The van der Waals surface area contributed by atoms with Gasteiger partial charge in [-0.25, -0.2) is 0 Å². The number of hydrogen-bond donors (Lipinski definition) is 3. The van der Waals surface area contributed by atoms with Gasteiger partial charge in [-0.3, -0.25) is 0 Å². The average Bonchev–Trinajstić information content (AvgIpc) is 3.07. The second-order valence-corrected chi connectivity index (χ2v) is 5.84. The number of aliphatic hydroxyl groups excluding tert-OH is 1. The highest BCUT2D eigenvalue weighted by molar-refractivity contribution is 5.83. The zero-order valence-electron chi connectivity index (χ0n) is 14.4. The number of nitrogens with one attached hydrogen (secondary N) is 2. The van der Waals surface area contributed by atoms with Gasteiger partial charge in [0.15, 0.2) is 11.5 Å². The van der Waals surface area contributed by atoms with E-state index in [1.165, 1.54) is 16.5 Å². The summed E-state index contributed by atoms with van der Waals surface area (Å²) in [5.41, 5.74) is 3.64. The van der Waals surface area contributed by atoms with Gasteiger partial charge in [0.05, 0.1) is 13.7 Å². The van der Waals surface area contributed by atoms with Crippen LogP contribution in [0.5, 0.6) is 11.5 Å². The van der Waals surface area contributed by atoms with E-state index in [2.05, 4.69) is 34.7 Å². The van der Waals surface area contributed by atoms with E-state index in [-0.39, 0.29) is 13.2 Å². The van der Waals surface area contributed by atoms with Crippen LogP contribution in [0.4, 0.5) is 0 Å². The van der Waals surface area contributed by atoms with Crippen molar-refractivity contribution in [3.8, 4) is 11.5 Å². The molecule has 3 rings (SSSR count). The maximum atomic E-state index is 8.86. The molecule has 3 N–H and O–H groups in total. The fourth-order valence-electron chi connectivity index (χ4n) is 2.89. The number of aromatic amines is 1. The van der Waals surface area contributed by atoms with Crippen LogP contribution in [0.25, 0.3) is 10.9 Å². The SMILES string of the molecule is COc1cc(CNCCc2c[nH]c3ccccc23)ccc1OCCO. The maximum Gasteiger partial charge on any atom is 0.161 e. The van der Waals surface area contributed by atoms with Crippen molar-refractivity contribution in [1.29, 1.82) is 0 Å². The molecule has 0 aliphatic rings. The highest BCUT2D eigenvalue weighted by Crippen LogP contribution is 2.28. The quantitative estimate of drug-likeness (QED) is 0.524. The fraction of sp³-hybridized carbons (Fsp3) is 0.300. The van der Waals surface area contributed by atoms with Crippen molar-refractivity contribution in [3.05, 3.63) is 59.8 Å². The summed E-state index contributed by atoms with van der Waals surface area (Å²) in [5.74, 6) is 1.34. The van der Waals surface area contributed by atoms with Crippen LogP contribution >= 0.6 is 0 Å². The summed E-state index contributed by atoms with van der Waals surface area (Å²) in [7, 11) is 1.62. The molecule has 0 unspecified atom stereocenters. The molecule has 132 valence electrons. The summed E-state index contributed by atoms with van der Waals surface area (Å²) in [4.78, 5) is 3.31. The first kappa shape index (κ1) is 17.3. The molecule has 0 aliphatic carbocycles. The topological polar surface area (TPSA) is 66.5 Å². The van der Waals surface area contributed by atoms with Gasteiger partial charge in [0.1, 0.15) is 6.61 Å². The van der Waals surface area contributed by atoms with Gasteiger partial charge in [-0.05, 0) is 42.3 Å². The van der Waals surface area contributed by atoms with Gasteiger partial charge in [0.2, 0.25) is 0 Å². The van der Waals surface area contributed by atoms with Crippen LogP contribution in [0.3, 0.4) is 0 Å². The molecule has 0 spiro atoms. The summed E-state index contributed by atoms with van der Waals surface area (Å²) in [6.45, 7) is 1.91. The van der Waals surface area contributed by atoms with Gasteiger partial charge >= 0.3 is 0 Å². The number of rotatable bonds is 9. The Morgan fingerprint density at radius 3 is 2.84 bits per heavy atom. The van der Waals surface area contributed by atoms with E-state index < -0.39 is 0 Å². The number of benzene rings is 2. The number of H-pyrrole nitrogens is 1. The minimum Gasteiger partial charge on any atom is -0.493 e. The molecule has 5 nitrogen and oxygen atoms in total. The molecular weight excluding hydrogens is 316 g/mol. The number of aromatic nitrogens is 1.